The number of rotatable bonds is 9. The van der Waals surface area contributed by atoms with Gasteiger partial charge in [0.25, 0.3) is 5.91 Å². The molecular formula is C23H25Cl2N5O2S. The van der Waals surface area contributed by atoms with Crippen molar-refractivity contribution in [3.63, 3.8) is 0 Å². The smallest absolute Gasteiger partial charge is 0.251 e. The molecule has 7 nitrogen and oxygen atoms in total. The number of hydrogen-bond donors (Lipinski definition) is 2. The number of thioether (sulfide) groups is 1. The average Bonchev–Trinajstić information content (AvgIpc) is 3.21. The lowest BCUT2D eigenvalue weighted by atomic mass is 10.0. The summed E-state index contributed by atoms with van der Waals surface area (Å²) >= 11 is 13.2. The molecule has 0 fully saturated rings. The fourth-order valence-corrected chi connectivity index (χ4v) is 4.29. The Morgan fingerprint density at radius 1 is 1.06 bits per heavy atom. The number of amides is 2. The summed E-state index contributed by atoms with van der Waals surface area (Å²) in [4.78, 5) is 25.1. The minimum absolute atomic E-state index is 0.0861. The van der Waals surface area contributed by atoms with Gasteiger partial charge in [-0.25, -0.2) is 0 Å². The molecule has 1 heterocycles. The van der Waals surface area contributed by atoms with Crippen LogP contribution in [-0.2, 0) is 11.3 Å². The van der Waals surface area contributed by atoms with Crippen LogP contribution in [0.1, 0.15) is 43.0 Å². The number of aromatic nitrogens is 3. The van der Waals surface area contributed by atoms with E-state index >= 15 is 0 Å². The van der Waals surface area contributed by atoms with Gasteiger partial charge in [-0.15, -0.1) is 10.2 Å². The second kappa shape index (κ2) is 11.5. The Labute approximate surface area is 207 Å². The van der Waals surface area contributed by atoms with Crippen LogP contribution in [0.5, 0.6) is 0 Å². The molecule has 174 valence electrons. The van der Waals surface area contributed by atoms with E-state index in [9.17, 15) is 9.59 Å². The lowest BCUT2D eigenvalue weighted by Crippen LogP contribution is -2.33. The minimum atomic E-state index is -0.329. The highest BCUT2D eigenvalue weighted by atomic mass is 35.5. The Bertz CT molecular complexity index is 1120. The first-order valence-corrected chi connectivity index (χ1v) is 12.2. The van der Waals surface area contributed by atoms with E-state index in [2.05, 4.69) is 20.8 Å². The van der Waals surface area contributed by atoms with Crippen LogP contribution in [0.4, 0.5) is 5.69 Å². The molecule has 10 heteroatoms. The average molecular weight is 506 g/mol. The summed E-state index contributed by atoms with van der Waals surface area (Å²) in [5.41, 5.74) is 1.15. The van der Waals surface area contributed by atoms with Gasteiger partial charge in [0.2, 0.25) is 5.91 Å². The number of halogens is 2. The molecule has 2 N–H and O–H groups in total. The molecule has 0 aliphatic rings. The van der Waals surface area contributed by atoms with Crippen molar-refractivity contribution < 1.29 is 9.59 Å². The molecular weight excluding hydrogens is 481 g/mol. The lowest BCUT2D eigenvalue weighted by molar-refractivity contribution is -0.113. The molecule has 0 saturated heterocycles. The Morgan fingerprint density at radius 2 is 1.79 bits per heavy atom. The number of carbonyl (C=O) groups is 2. The monoisotopic (exact) mass is 505 g/mol. The Kier molecular flexibility index (Phi) is 8.77. The molecule has 0 spiro atoms. The third kappa shape index (κ3) is 6.50. The molecule has 3 rings (SSSR count). The number of benzene rings is 2. The van der Waals surface area contributed by atoms with Crippen LogP contribution in [0, 0.1) is 5.92 Å². The normalized spacial score (nSPS) is 11.9. The molecule has 33 heavy (non-hydrogen) atoms. The topological polar surface area (TPSA) is 88.9 Å². The van der Waals surface area contributed by atoms with E-state index in [0.29, 0.717) is 38.8 Å². The van der Waals surface area contributed by atoms with Crippen LogP contribution in [0.15, 0.2) is 53.7 Å². The molecule has 0 saturated carbocycles. The van der Waals surface area contributed by atoms with E-state index in [-0.39, 0.29) is 29.5 Å². The van der Waals surface area contributed by atoms with Crippen molar-refractivity contribution in [1.82, 2.24) is 20.1 Å². The Hall–Kier alpha value is -2.55. The zero-order valence-corrected chi connectivity index (χ0v) is 20.8. The summed E-state index contributed by atoms with van der Waals surface area (Å²) in [6.07, 6.45) is 0. The molecule has 0 radical (unpaired) electrons. The molecule has 2 amide bonds. The van der Waals surface area contributed by atoms with Crippen LogP contribution >= 0.6 is 35.0 Å². The van der Waals surface area contributed by atoms with Crippen molar-refractivity contribution in [3.05, 3.63) is 70.0 Å². The fraction of sp³-hybridized carbons (Fsp3) is 0.304. The zero-order valence-electron chi connectivity index (χ0n) is 18.5. The third-order valence-corrected chi connectivity index (χ3v) is 6.57. The summed E-state index contributed by atoms with van der Waals surface area (Å²) < 4.78 is 1.92. The van der Waals surface area contributed by atoms with E-state index in [4.69, 9.17) is 23.2 Å². The van der Waals surface area contributed by atoms with E-state index in [0.717, 1.165) is 0 Å². The quantitative estimate of drug-likeness (QED) is 0.376. The maximum atomic E-state index is 12.7. The van der Waals surface area contributed by atoms with Crippen molar-refractivity contribution in [1.29, 1.82) is 0 Å². The first kappa shape index (κ1) is 25.1. The number of nitrogens with zero attached hydrogens (tertiary/aromatic N) is 3. The summed E-state index contributed by atoms with van der Waals surface area (Å²) in [5.74, 6) is 0.506. The number of nitrogens with one attached hydrogen (secondary N) is 2. The van der Waals surface area contributed by atoms with Gasteiger partial charge < -0.3 is 15.2 Å². The van der Waals surface area contributed by atoms with Crippen molar-refractivity contribution in [2.75, 3.05) is 11.1 Å². The molecule has 2 aromatic carbocycles. The van der Waals surface area contributed by atoms with Gasteiger partial charge in [0.15, 0.2) is 11.0 Å². The lowest BCUT2D eigenvalue weighted by Gasteiger charge is -2.22. The van der Waals surface area contributed by atoms with Crippen molar-refractivity contribution >= 4 is 52.5 Å². The molecule has 0 aliphatic heterocycles. The SMILES string of the molecule is CCn1c(SCC(=O)Nc2ccc(Cl)c(Cl)c2)nnc1[C@H](NC(=O)c1ccccc1)C(C)C. The number of anilines is 1. The van der Waals surface area contributed by atoms with E-state index in [1.807, 2.05) is 43.5 Å². The van der Waals surface area contributed by atoms with Crippen LogP contribution in [-0.4, -0.2) is 32.3 Å². The predicted molar refractivity (Wildman–Crippen MR) is 133 cm³/mol. The fourth-order valence-electron chi connectivity index (χ4n) is 3.18. The molecule has 3 aromatic rings. The van der Waals surface area contributed by atoms with E-state index < -0.39 is 0 Å². The minimum Gasteiger partial charge on any atom is -0.342 e. The molecule has 1 atom stereocenters. The first-order valence-electron chi connectivity index (χ1n) is 10.5. The Balaban J connectivity index is 1.70. The van der Waals surface area contributed by atoms with Gasteiger partial charge in [0.05, 0.1) is 21.8 Å². The first-order chi connectivity index (χ1) is 15.8. The summed E-state index contributed by atoms with van der Waals surface area (Å²) in [7, 11) is 0. The highest BCUT2D eigenvalue weighted by Gasteiger charge is 2.26. The van der Waals surface area contributed by atoms with Crippen LogP contribution < -0.4 is 10.6 Å². The summed E-state index contributed by atoms with van der Waals surface area (Å²) in [5, 5.41) is 15.9. The standard InChI is InChI=1S/C23H25Cl2N5O2S/c1-4-30-21(20(14(2)3)27-22(32)15-8-6-5-7-9-15)28-29-23(30)33-13-19(31)26-16-10-11-17(24)18(25)12-16/h5-12,14,20H,4,13H2,1-3H3,(H,26,31)(H,27,32)/t20-/m1/s1. The molecule has 0 bridgehead atoms. The maximum absolute atomic E-state index is 12.7. The largest absolute Gasteiger partial charge is 0.342 e. The van der Waals surface area contributed by atoms with Crippen LogP contribution in [0.3, 0.4) is 0 Å². The molecule has 0 aliphatic carbocycles. The number of hydrogen-bond acceptors (Lipinski definition) is 5. The third-order valence-electron chi connectivity index (χ3n) is 4.86. The molecule has 0 unspecified atom stereocenters. The van der Waals surface area contributed by atoms with E-state index in [1.165, 1.54) is 11.8 Å². The molecule has 1 aromatic heterocycles. The highest BCUT2D eigenvalue weighted by Crippen LogP contribution is 2.27. The second-order valence-electron chi connectivity index (χ2n) is 7.61. The number of carbonyl (C=O) groups excluding carboxylic acids is 2. The van der Waals surface area contributed by atoms with Crippen LogP contribution in [0.25, 0.3) is 0 Å². The zero-order chi connectivity index (χ0) is 24.0. The van der Waals surface area contributed by atoms with Gasteiger partial charge in [0.1, 0.15) is 0 Å². The van der Waals surface area contributed by atoms with Gasteiger partial charge in [-0.05, 0) is 43.2 Å². The van der Waals surface area contributed by atoms with Gasteiger partial charge in [-0.2, -0.15) is 0 Å². The summed E-state index contributed by atoms with van der Waals surface area (Å²) in [6.45, 7) is 6.61. The van der Waals surface area contributed by atoms with Crippen molar-refractivity contribution in [2.24, 2.45) is 5.92 Å². The van der Waals surface area contributed by atoms with Gasteiger partial charge >= 0.3 is 0 Å². The Morgan fingerprint density at radius 3 is 2.42 bits per heavy atom. The predicted octanol–water partition coefficient (Wildman–Crippen LogP) is 5.46. The van der Waals surface area contributed by atoms with Crippen molar-refractivity contribution in [2.45, 2.75) is 38.5 Å². The second-order valence-corrected chi connectivity index (χ2v) is 9.37. The maximum Gasteiger partial charge on any atom is 0.251 e. The van der Waals surface area contributed by atoms with Crippen LogP contribution in [0.2, 0.25) is 10.0 Å². The van der Waals surface area contributed by atoms with Crippen molar-refractivity contribution in [3.8, 4) is 0 Å². The van der Waals surface area contributed by atoms with Gasteiger partial charge in [-0.1, -0.05) is 67.0 Å². The van der Waals surface area contributed by atoms with Gasteiger partial charge in [0, 0.05) is 17.8 Å². The summed E-state index contributed by atoms with van der Waals surface area (Å²) in [6, 6.07) is 13.6. The van der Waals surface area contributed by atoms with Gasteiger partial charge in [-0.3, -0.25) is 9.59 Å². The highest BCUT2D eigenvalue weighted by molar-refractivity contribution is 7.99. The van der Waals surface area contributed by atoms with E-state index in [1.54, 1.807) is 30.3 Å².